The number of carbonyl (C=O) groups excluding carboxylic acids is 5. The predicted octanol–water partition coefficient (Wildman–Crippen LogP) is 6.42. The van der Waals surface area contributed by atoms with Crippen LogP contribution in [0.4, 0.5) is 0 Å². The van der Waals surface area contributed by atoms with E-state index in [1.54, 1.807) is 42.2 Å². The molecule has 0 saturated carbocycles. The second-order valence-electron chi connectivity index (χ2n) is 10.8. The van der Waals surface area contributed by atoms with Crippen molar-refractivity contribution in [3.05, 3.63) is 12.2 Å². The number of allylic oxidation sites excluding steroid dienone is 2. The van der Waals surface area contributed by atoms with Crippen molar-refractivity contribution in [2.75, 3.05) is 95.7 Å². The Kier molecular flexibility index (Phi) is 142. The van der Waals surface area contributed by atoms with E-state index in [9.17, 15) is 40.8 Å². The zero-order chi connectivity index (χ0) is 49.7. The molecule has 0 unspecified atom stereocenters. The van der Waals surface area contributed by atoms with Gasteiger partial charge in [-0.15, -0.1) is 0 Å². The minimum atomic E-state index is -2.91. The Morgan fingerprint density at radius 3 is 0.737 bits per heavy atom. The number of ketones is 2. The van der Waals surface area contributed by atoms with Gasteiger partial charge in [0.1, 0.15) is 21.4 Å². The quantitative estimate of drug-likeness (QED) is 0.230. The van der Waals surface area contributed by atoms with E-state index >= 15 is 0 Å². The molecule has 0 atom stereocenters. The fraction of sp³-hybridized carbons (Fsp3) is 0.821. The van der Waals surface area contributed by atoms with Crippen LogP contribution in [0, 0.1) is 0 Å². The number of nitrogens with one attached hydrogen (secondary N) is 2. The molecule has 0 aromatic rings. The maximum absolute atomic E-state index is 10.0. The van der Waals surface area contributed by atoms with E-state index in [4.69, 9.17) is 0 Å². The van der Waals surface area contributed by atoms with E-state index in [-0.39, 0.29) is 35.2 Å². The summed E-state index contributed by atoms with van der Waals surface area (Å²) in [5.41, 5.74) is 0. The molecule has 0 aromatic carbocycles. The van der Waals surface area contributed by atoms with Gasteiger partial charge >= 0.3 is 11.9 Å². The highest BCUT2D eigenvalue weighted by Gasteiger charge is 1.90. The molecule has 0 saturated heterocycles. The first-order valence-corrected chi connectivity index (χ1v) is 22.1. The molecular formula is C39H95N3O13S2. The first-order valence-electron chi connectivity index (χ1n) is 18.1. The lowest BCUT2D eigenvalue weighted by Crippen LogP contribution is -2.15. The first kappa shape index (κ1) is 90.4. The topological polar surface area (TPSA) is 218 Å². The van der Waals surface area contributed by atoms with Crippen LogP contribution < -0.4 is 10.0 Å². The summed E-state index contributed by atoms with van der Waals surface area (Å²) in [7, 11) is 11.0. The minimum absolute atomic E-state index is 0.00463. The molecule has 2 N–H and O–H groups in total. The normalized spacial score (nSPS) is 8.14. The fourth-order valence-corrected chi connectivity index (χ4v) is 0. The second-order valence-corrected chi connectivity index (χ2v) is 15.1. The van der Waals surface area contributed by atoms with Crippen molar-refractivity contribution >= 4 is 49.3 Å². The van der Waals surface area contributed by atoms with Crippen molar-refractivity contribution in [2.45, 2.75) is 123 Å². The molecule has 1 amide bonds. The Labute approximate surface area is 353 Å². The van der Waals surface area contributed by atoms with Gasteiger partial charge in [-0.25, -0.2) is 21.6 Å². The molecule has 0 spiro atoms. The minimum Gasteiger partial charge on any atom is -0.469 e. The van der Waals surface area contributed by atoms with E-state index in [1.807, 2.05) is 65.9 Å². The number of sulfonamides is 1. The van der Waals surface area contributed by atoms with Crippen LogP contribution in [0.25, 0.3) is 0 Å². The molecule has 0 aliphatic rings. The number of hydrogen-bond acceptors (Lipinski definition) is 14. The van der Waals surface area contributed by atoms with Crippen LogP contribution in [-0.4, -0.2) is 147 Å². The van der Waals surface area contributed by atoms with Crippen LogP contribution in [0.15, 0.2) is 12.2 Å². The number of Topliss-reactive ketones (excluding diaryl/α,β-unsaturated/α-hetero) is 2. The Bertz CT molecular complexity index is 884. The number of carbonyl (C=O) groups is 5. The molecular weight excluding hydrogens is 783 g/mol. The van der Waals surface area contributed by atoms with Gasteiger partial charge in [-0.05, 0) is 69.7 Å². The van der Waals surface area contributed by atoms with Gasteiger partial charge in [-0.2, -0.15) is 0 Å². The molecule has 0 radical (unpaired) electrons. The Morgan fingerprint density at radius 1 is 0.614 bits per heavy atom. The average molecular weight is 878 g/mol. The van der Waals surface area contributed by atoms with Crippen LogP contribution >= 0.6 is 0 Å². The van der Waals surface area contributed by atoms with E-state index in [1.165, 1.54) is 75.0 Å². The van der Waals surface area contributed by atoms with Gasteiger partial charge in [-0.1, -0.05) is 66.5 Å². The number of rotatable bonds is 4. The average Bonchev–Trinajstić information content (AvgIpc) is 3.09. The Balaban J connectivity index is -0.0000000337. The van der Waals surface area contributed by atoms with Gasteiger partial charge in [0, 0.05) is 74.2 Å². The van der Waals surface area contributed by atoms with Crippen LogP contribution in [0.5, 0.6) is 0 Å². The maximum Gasteiger partial charge on any atom is 0.302 e. The summed E-state index contributed by atoms with van der Waals surface area (Å²) in [6, 6.07) is 0. The monoisotopic (exact) mass is 878 g/mol. The number of methoxy groups -OCH3 is 4. The van der Waals surface area contributed by atoms with Gasteiger partial charge in [0.25, 0.3) is 0 Å². The molecule has 0 bridgehead atoms. The van der Waals surface area contributed by atoms with Crippen LogP contribution in [0.3, 0.4) is 0 Å². The van der Waals surface area contributed by atoms with Crippen molar-refractivity contribution in [1.82, 2.24) is 14.9 Å². The summed E-state index contributed by atoms with van der Waals surface area (Å²) in [6.07, 6.45) is 9.49. The summed E-state index contributed by atoms with van der Waals surface area (Å²) in [4.78, 5) is 50.1. The molecule has 0 aliphatic carbocycles. The van der Waals surface area contributed by atoms with Crippen LogP contribution in [0.1, 0.15) is 123 Å². The van der Waals surface area contributed by atoms with Crippen molar-refractivity contribution in [3.63, 3.8) is 0 Å². The number of ether oxygens (including phenoxy) is 4. The van der Waals surface area contributed by atoms with E-state index in [0.29, 0.717) is 6.42 Å². The molecule has 0 aliphatic heterocycles. The van der Waals surface area contributed by atoms with Gasteiger partial charge < -0.3 is 38.8 Å². The van der Waals surface area contributed by atoms with Crippen LogP contribution in [0.2, 0.25) is 0 Å². The highest BCUT2D eigenvalue weighted by atomic mass is 32.2. The lowest BCUT2D eigenvalue weighted by atomic mass is 10.4. The molecule has 0 heterocycles. The zero-order valence-corrected chi connectivity index (χ0v) is 43.4. The third kappa shape index (κ3) is 798. The number of sulfone groups is 1. The standard InChI is InChI=1S/C4H8O.C4H8.C3H7NO.C3H9N.C3H8O2S.2C3H6O2.C3H8O.C3H6O.2C3H8.C2H7NO2S.C2H6O/c1-3-4(2)5;1-3-4-2;1-3(5)4-2;1-4(2)3;1-3-6(2,4)5;2*1-3(4)5-2;1-3-4-2;1-3(2)4;2*1-3-2;1-3-6(2,4)5;1-3-2/h3H2,1-2H3;3-4H,1-2H3;1-2H3,(H,4,5);1-3H3;3H2,1-2H3;2*1-2H3;3H2,1-2H3;1-2H3;2*3H2,1-2H3;3H,1-2H3;1-2H3/b;4-3+;;;;;;;;;;;. The van der Waals surface area contributed by atoms with Gasteiger partial charge in [0.05, 0.1) is 20.5 Å². The van der Waals surface area contributed by atoms with Crippen molar-refractivity contribution in [1.29, 1.82) is 0 Å². The summed E-state index contributed by atoms with van der Waals surface area (Å²) >= 11 is 0. The first-order chi connectivity index (χ1) is 25.7. The molecule has 18 heteroatoms. The van der Waals surface area contributed by atoms with E-state index < -0.39 is 19.9 Å². The smallest absolute Gasteiger partial charge is 0.302 e. The van der Waals surface area contributed by atoms with Crippen molar-refractivity contribution in [2.24, 2.45) is 0 Å². The Morgan fingerprint density at radius 2 is 0.737 bits per heavy atom. The third-order valence-electron chi connectivity index (χ3n) is 2.94. The maximum atomic E-state index is 10.0. The van der Waals surface area contributed by atoms with Crippen molar-refractivity contribution in [3.8, 4) is 0 Å². The largest absolute Gasteiger partial charge is 0.469 e. The van der Waals surface area contributed by atoms with Gasteiger partial charge in [0.15, 0.2) is 0 Å². The highest BCUT2D eigenvalue weighted by molar-refractivity contribution is 7.90. The summed E-state index contributed by atoms with van der Waals surface area (Å²) in [6.45, 7) is 27.6. The molecule has 0 fully saturated rings. The lowest BCUT2D eigenvalue weighted by molar-refractivity contribution is -0.138. The molecule has 57 heavy (non-hydrogen) atoms. The fourth-order valence-electron chi connectivity index (χ4n) is 0. The number of hydrogen-bond donors (Lipinski definition) is 2. The molecule has 0 rings (SSSR count). The molecule has 0 aromatic heterocycles. The highest BCUT2D eigenvalue weighted by Crippen LogP contribution is 1.75. The van der Waals surface area contributed by atoms with Crippen molar-refractivity contribution < 1.29 is 59.8 Å². The second kappa shape index (κ2) is 89.7. The summed E-state index contributed by atoms with van der Waals surface area (Å²) in [5, 5.41) is 2.39. The van der Waals surface area contributed by atoms with E-state index in [2.05, 4.69) is 56.7 Å². The van der Waals surface area contributed by atoms with Gasteiger partial charge in [0.2, 0.25) is 15.9 Å². The zero-order valence-electron chi connectivity index (χ0n) is 41.8. The summed E-state index contributed by atoms with van der Waals surface area (Å²) < 4.78 is 58.9. The van der Waals surface area contributed by atoms with Crippen LogP contribution in [-0.2, 0) is 62.8 Å². The van der Waals surface area contributed by atoms with Gasteiger partial charge in [-0.3, -0.25) is 14.4 Å². The molecule has 356 valence electrons. The Hall–Kier alpha value is -2.77. The lowest BCUT2D eigenvalue weighted by Gasteiger charge is -1.90. The summed E-state index contributed by atoms with van der Waals surface area (Å²) in [5.74, 6) is 0.178. The predicted molar refractivity (Wildman–Crippen MR) is 244 cm³/mol. The van der Waals surface area contributed by atoms with E-state index in [0.717, 1.165) is 12.9 Å². The number of amides is 1. The molecule has 16 nitrogen and oxygen atoms in total. The number of nitrogens with zero attached hydrogens (tertiary/aromatic N) is 1. The third-order valence-corrected chi connectivity index (χ3v) is 4.73. The number of esters is 2. The SMILES string of the molecule is C/C=C/C.CC(C)=O.CCC.CCC.CCC(C)=O.CCOC.CCS(C)(=O)=O.CN(C)C.CNC(C)=O.CNS(C)(=O)=O.COC.COC(C)=O.COC(C)=O.